The average Bonchev–Trinajstić information content (AvgIpc) is 2.31. The van der Waals surface area contributed by atoms with Gasteiger partial charge in [0.15, 0.2) is 0 Å². The fraction of sp³-hybridized carbons (Fsp3) is 0.417. The molecular formula is C12H16ClIN2O. The third-order valence-corrected chi connectivity index (χ3v) is 4.09. The van der Waals surface area contributed by atoms with Gasteiger partial charge in [-0.05, 0) is 54.1 Å². The van der Waals surface area contributed by atoms with Gasteiger partial charge in [-0.15, -0.1) is 0 Å². The van der Waals surface area contributed by atoms with Gasteiger partial charge >= 0.3 is 0 Å². The van der Waals surface area contributed by atoms with Crippen LogP contribution in [0, 0.1) is 8.99 Å². The fourth-order valence-electron chi connectivity index (χ4n) is 1.26. The number of anilines is 1. The molecule has 0 aromatic heterocycles. The maximum absolute atomic E-state index is 12.1. The number of carbonyl (C=O) groups is 1. The lowest BCUT2D eigenvalue weighted by Gasteiger charge is -2.25. The van der Waals surface area contributed by atoms with Crippen LogP contribution in [0.5, 0.6) is 0 Å². The largest absolute Gasteiger partial charge is 0.329 e. The van der Waals surface area contributed by atoms with Gasteiger partial charge in [-0.1, -0.05) is 18.5 Å². The Morgan fingerprint density at radius 2 is 2.24 bits per heavy atom. The molecular weight excluding hydrogens is 351 g/mol. The van der Waals surface area contributed by atoms with E-state index in [2.05, 4.69) is 27.9 Å². The Labute approximate surface area is 120 Å². The molecule has 0 aliphatic rings. The van der Waals surface area contributed by atoms with Crippen molar-refractivity contribution in [3.63, 3.8) is 0 Å². The summed E-state index contributed by atoms with van der Waals surface area (Å²) in [5.74, 6) is -0.0530. The van der Waals surface area contributed by atoms with Gasteiger partial charge in [0, 0.05) is 15.1 Å². The van der Waals surface area contributed by atoms with Crippen molar-refractivity contribution in [2.45, 2.75) is 20.3 Å². The summed E-state index contributed by atoms with van der Waals surface area (Å²) in [6, 6.07) is 5.36. The monoisotopic (exact) mass is 366 g/mol. The highest BCUT2D eigenvalue weighted by Crippen LogP contribution is 2.26. The summed E-state index contributed by atoms with van der Waals surface area (Å²) >= 11 is 8.00. The van der Waals surface area contributed by atoms with Crippen LogP contribution < -0.4 is 11.1 Å². The highest BCUT2D eigenvalue weighted by molar-refractivity contribution is 14.1. The van der Waals surface area contributed by atoms with E-state index in [0.29, 0.717) is 18.0 Å². The molecule has 0 saturated heterocycles. The quantitative estimate of drug-likeness (QED) is 0.804. The number of halogens is 2. The van der Waals surface area contributed by atoms with Crippen molar-refractivity contribution in [1.82, 2.24) is 0 Å². The minimum absolute atomic E-state index is 0.0530. The Morgan fingerprint density at radius 3 is 2.71 bits per heavy atom. The number of carbonyl (C=O) groups excluding carboxylic acids is 1. The van der Waals surface area contributed by atoms with Gasteiger partial charge in [0.05, 0.1) is 11.1 Å². The molecule has 0 bridgehead atoms. The molecule has 0 aliphatic heterocycles. The van der Waals surface area contributed by atoms with E-state index in [9.17, 15) is 4.79 Å². The smallest absolute Gasteiger partial charge is 0.231 e. The molecule has 1 aromatic rings. The minimum Gasteiger partial charge on any atom is -0.329 e. The first-order valence-corrected chi connectivity index (χ1v) is 6.85. The van der Waals surface area contributed by atoms with Crippen LogP contribution in [0.2, 0.25) is 5.02 Å². The lowest BCUT2D eigenvalue weighted by Crippen LogP contribution is -2.39. The summed E-state index contributed by atoms with van der Waals surface area (Å²) in [6.07, 6.45) is 0.708. The zero-order valence-electron chi connectivity index (χ0n) is 9.89. The number of nitrogens with two attached hydrogens (primary N) is 1. The van der Waals surface area contributed by atoms with Gasteiger partial charge < -0.3 is 11.1 Å². The van der Waals surface area contributed by atoms with Crippen molar-refractivity contribution < 1.29 is 4.79 Å². The van der Waals surface area contributed by atoms with E-state index in [1.54, 1.807) is 12.1 Å². The molecule has 0 spiro atoms. The van der Waals surface area contributed by atoms with Crippen LogP contribution in [-0.2, 0) is 4.79 Å². The highest BCUT2D eigenvalue weighted by atomic mass is 127. The predicted octanol–water partition coefficient (Wildman–Crippen LogP) is 3.26. The van der Waals surface area contributed by atoms with E-state index in [0.717, 1.165) is 9.26 Å². The Hall–Kier alpha value is -0.330. The van der Waals surface area contributed by atoms with Crippen LogP contribution in [0.3, 0.4) is 0 Å². The molecule has 0 saturated carbocycles. The number of rotatable bonds is 4. The zero-order chi connectivity index (χ0) is 13.1. The van der Waals surface area contributed by atoms with E-state index >= 15 is 0 Å². The van der Waals surface area contributed by atoms with Crippen LogP contribution in [0.1, 0.15) is 20.3 Å². The molecule has 1 rings (SSSR count). The molecule has 5 heteroatoms. The van der Waals surface area contributed by atoms with Gasteiger partial charge in [0.25, 0.3) is 0 Å². The number of amides is 1. The van der Waals surface area contributed by atoms with Gasteiger partial charge in [0.2, 0.25) is 5.91 Å². The second-order valence-electron chi connectivity index (χ2n) is 4.20. The second-order valence-corrected chi connectivity index (χ2v) is 5.80. The van der Waals surface area contributed by atoms with E-state index in [-0.39, 0.29) is 5.91 Å². The van der Waals surface area contributed by atoms with E-state index < -0.39 is 5.41 Å². The molecule has 1 atom stereocenters. The minimum atomic E-state index is -0.525. The lowest BCUT2D eigenvalue weighted by molar-refractivity contribution is -0.124. The van der Waals surface area contributed by atoms with Crippen molar-refractivity contribution in [2.24, 2.45) is 11.1 Å². The lowest BCUT2D eigenvalue weighted by atomic mass is 9.86. The Bertz CT molecular complexity index is 419. The van der Waals surface area contributed by atoms with E-state index in [1.165, 1.54) is 0 Å². The fourth-order valence-corrected chi connectivity index (χ4v) is 2.27. The number of nitrogens with one attached hydrogen (secondary N) is 1. The molecule has 0 heterocycles. The van der Waals surface area contributed by atoms with Gasteiger partial charge in [0.1, 0.15) is 0 Å². The maximum Gasteiger partial charge on any atom is 0.231 e. The van der Waals surface area contributed by atoms with Gasteiger partial charge in [-0.2, -0.15) is 0 Å². The third kappa shape index (κ3) is 3.56. The van der Waals surface area contributed by atoms with E-state index in [1.807, 2.05) is 19.9 Å². The van der Waals surface area contributed by atoms with Crippen LogP contribution in [-0.4, -0.2) is 12.5 Å². The summed E-state index contributed by atoms with van der Waals surface area (Å²) < 4.78 is 0.916. The SMILES string of the molecule is CCC(C)(CN)C(=O)Nc1ccc(Cl)cc1I. The number of benzene rings is 1. The summed E-state index contributed by atoms with van der Waals surface area (Å²) in [5.41, 5.74) is 5.90. The molecule has 0 aliphatic carbocycles. The molecule has 1 aromatic carbocycles. The third-order valence-electron chi connectivity index (χ3n) is 2.96. The van der Waals surface area contributed by atoms with E-state index in [4.69, 9.17) is 17.3 Å². The van der Waals surface area contributed by atoms with Crippen molar-refractivity contribution in [3.8, 4) is 0 Å². The first-order chi connectivity index (χ1) is 7.92. The molecule has 3 N–H and O–H groups in total. The second kappa shape index (κ2) is 6.02. The summed E-state index contributed by atoms with van der Waals surface area (Å²) in [7, 11) is 0. The topological polar surface area (TPSA) is 55.1 Å². The van der Waals surface area contributed by atoms with Crippen LogP contribution in [0.25, 0.3) is 0 Å². The van der Waals surface area contributed by atoms with Crippen LogP contribution in [0.4, 0.5) is 5.69 Å². The summed E-state index contributed by atoms with van der Waals surface area (Å²) in [5, 5.41) is 3.55. The molecule has 0 fully saturated rings. The van der Waals surface area contributed by atoms with Gasteiger partial charge in [-0.3, -0.25) is 4.79 Å². The Balaban J connectivity index is 2.88. The van der Waals surface area contributed by atoms with Crippen molar-refractivity contribution in [2.75, 3.05) is 11.9 Å². The van der Waals surface area contributed by atoms with Crippen LogP contribution >= 0.6 is 34.2 Å². The molecule has 1 unspecified atom stereocenters. The summed E-state index contributed by atoms with van der Waals surface area (Å²) in [4.78, 5) is 12.1. The predicted molar refractivity (Wildman–Crippen MR) is 80.3 cm³/mol. The first-order valence-electron chi connectivity index (χ1n) is 5.39. The normalized spacial score (nSPS) is 14.2. The zero-order valence-corrected chi connectivity index (χ0v) is 12.8. The maximum atomic E-state index is 12.1. The average molecular weight is 367 g/mol. The number of hydrogen-bond donors (Lipinski definition) is 2. The molecule has 17 heavy (non-hydrogen) atoms. The molecule has 94 valence electrons. The standard InChI is InChI=1S/C12H16ClIN2O/c1-3-12(2,7-15)11(17)16-10-5-4-8(13)6-9(10)14/h4-6H,3,7,15H2,1-2H3,(H,16,17). The highest BCUT2D eigenvalue weighted by Gasteiger charge is 2.29. The Morgan fingerprint density at radius 1 is 1.59 bits per heavy atom. The molecule has 1 amide bonds. The summed E-state index contributed by atoms with van der Waals surface area (Å²) in [6.45, 7) is 4.16. The van der Waals surface area contributed by atoms with Crippen LogP contribution in [0.15, 0.2) is 18.2 Å². The molecule has 3 nitrogen and oxygen atoms in total. The Kier molecular flexibility index (Phi) is 5.22. The first kappa shape index (κ1) is 14.7. The number of hydrogen-bond acceptors (Lipinski definition) is 2. The molecule has 0 radical (unpaired) electrons. The van der Waals surface area contributed by atoms with Crippen molar-refractivity contribution in [1.29, 1.82) is 0 Å². The van der Waals surface area contributed by atoms with Crippen molar-refractivity contribution in [3.05, 3.63) is 26.8 Å². The van der Waals surface area contributed by atoms with Gasteiger partial charge in [-0.25, -0.2) is 0 Å². The van der Waals surface area contributed by atoms with Crippen molar-refractivity contribution >= 4 is 45.8 Å².